The van der Waals surface area contributed by atoms with Gasteiger partial charge in [0.25, 0.3) is 0 Å². The molecule has 0 bridgehead atoms. The normalized spacial score (nSPS) is 20.0. The summed E-state index contributed by atoms with van der Waals surface area (Å²) in [4.78, 5) is 11.7. The summed E-state index contributed by atoms with van der Waals surface area (Å²) < 4.78 is 23.0. The van der Waals surface area contributed by atoms with E-state index in [9.17, 15) is 9.90 Å². The molecule has 0 aromatic heterocycles. The molecule has 32 heavy (non-hydrogen) atoms. The summed E-state index contributed by atoms with van der Waals surface area (Å²) in [6.07, 6.45) is 1.57. The number of aliphatic hydroxyl groups is 1. The highest BCUT2D eigenvalue weighted by atomic mass is 16.6. The van der Waals surface area contributed by atoms with E-state index in [1.54, 1.807) is 12.1 Å². The number of fused-ring (bicyclic) bond motifs is 1. The fourth-order valence-electron chi connectivity index (χ4n) is 4.64. The van der Waals surface area contributed by atoms with Crippen molar-refractivity contribution < 1.29 is 33.3 Å². The molecule has 2 aromatic rings. The lowest BCUT2D eigenvalue weighted by molar-refractivity contribution is -0.932. The van der Waals surface area contributed by atoms with Crippen LogP contribution in [0.4, 0.5) is 0 Å². The molecule has 2 atom stereocenters. The predicted octanol–water partition coefficient (Wildman–Crippen LogP) is 2.80. The molecule has 4 rings (SSSR count). The second-order valence-corrected chi connectivity index (χ2v) is 8.71. The summed E-state index contributed by atoms with van der Waals surface area (Å²) in [5.74, 6) is 1.15. The van der Waals surface area contributed by atoms with Crippen LogP contribution in [0.15, 0.2) is 48.5 Å². The first kappa shape index (κ1) is 22.6. The summed E-state index contributed by atoms with van der Waals surface area (Å²) in [6, 6.07) is 15.2. The van der Waals surface area contributed by atoms with Gasteiger partial charge in [0.15, 0.2) is 17.6 Å². The van der Waals surface area contributed by atoms with Crippen LogP contribution in [0.25, 0.3) is 0 Å². The van der Waals surface area contributed by atoms with Crippen LogP contribution < -0.4 is 9.47 Å². The minimum atomic E-state index is -0.556. The molecule has 7 heteroatoms. The molecule has 172 valence electrons. The van der Waals surface area contributed by atoms with Crippen LogP contribution in [-0.4, -0.2) is 74.3 Å². The molecule has 0 amide bonds. The van der Waals surface area contributed by atoms with Gasteiger partial charge in [0, 0.05) is 18.4 Å². The van der Waals surface area contributed by atoms with Crippen LogP contribution in [0.5, 0.6) is 11.5 Å². The van der Waals surface area contributed by atoms with E-state index in [0.29, 0.717) is 25.3 Å². The third-order valence-corrected chi connectivity index (χ3v) is 6.19. The van der Waals surface area contributed by atoms with Gasteiger partial charge < -0.3 is 28.5 Å². The zero-order chi connectivity index (χ0) is 22.4. The van der Waals surface area contributed by atoms with Crippen molar-refractivity contribution in [1.82, 2.24) is 0 Å². The van der Waals surface area contributed by atoms with E-state index in [1.165, 1.54) is 7.11 Å². The molecule has 2 heterocycles. The highest BCUT2D eigenvalue weighted by Crippen LogP contribution is 2.31. The van der Waals surface area contributed by atoms with Crippen LogP contribution in [0.1, 0.15) is 28.8 Å². The first-order chi connectivity index (χ1) is 15.6. The average molecular weight is 443 g/mol. The van der Waals surface area contributed by atoms with E-state index in [0.717, 1.165) is 54.0 Å². The van der Waals surface area contributed by atoms with Crippen molar-refractivity contribution in [3.05, 3.63) is 59.7 Å². The molecule has 0 radical (unpaired) electrons. The van der Waals surface area contributed by atoms with Gasteiger partial charge in [0.05, 0.1) is 39.0 Å². The Bertz CT molecular complexity index is 894. The highest BCUT2D eigenvalue weighted by molar-refractivity contribution is 5.89. The number of aliphatic hydroxyl groups excluding tert-OH is 1. The van der Waals surface area contributed by atoms with Gasteiger partial charge in [-0.25, -0.2) is 4.79 Å². The Hall–Kier alpha value is -2.61. The second-order valence-electron chi connectivity index (χ2n) is 8.71. The number of carbonyl (C=O) groups is 1. The SMILES string of the molecule is COC(=O)c1ccc(C[N+]2(C[C@H](O)COC[C@@H]3COc4ccccc4O3)CCCC2)cc1. The summed E-state index contributed by atoms with van der Waals surface area (Å²) in [7, 11) is 1.39. The monoisotopic (exact) mass is 442 g/mol. The summed E-state index contributed by atoms with van der Waals surface area (Å²) in [5, 5.41) is 10.7. The van der Waals surface area contributed by atoms with Crippen molar-refractivity contribution in [2.75, 3.05) is 46.6 Å². The van der Waals surface area contributed by atoms with Crippen molar-refractivity contribution >= 4 is 5.97 Å². The molecule has 2 aliphatic heterocycles. The maximum atomic E-state index is 11.7. The van der Waals surface area contributed by atoms with Gasteiger partial charge in [-0.1, -0.05) is 24.3 Å². The van der Waals surface area contributed by atoms with Gasteiger partial charge in [-0.15, -0.1) is 0 Å². The zero-order valence-electron chi connectivity index (χ0n) is 18.6. The first-order valence-electron chi connectivity index (χ1n) is 11.2. The predicted molar refractivity (Wildman–Crippen MR) is 119 cm³/mol. The molecule has 2 aromatic carbocycles. The van der Waals surface area contributed by atoms with Crippen molar-refractivity contribution in [2.24, 2.45) is 0 Å². The van der Waals surface area contributed by atoms with Gasteiger partial charge in [-0.3, -0.25) is 0 Å². The van der Waals surface area contributed by atoms with Crippen molar-refractivity contribution in [3.63, 3.8) is 0 Å². The van der Waals surface area contributed by atoms with Crippen molar-refractivity contribution in [2.45, 2.75) is 31.6 Å². The lowest BCUT2D eigenvalue weighted by Crippen LogP contribution is -2.50. The number of rotatable bonds is 9. The standard InChI is InChI=1S/C25H32NO6/c1-29-25(28)20-10-8-19(9-11-20)14-26(12-4-5-13-26)15-21(27)16-30-17-22-18-31-23-6-2-3-7-24(23)32-22/h2-3,6-11,21-22,27H,4-5,12-18H2,1H3/q+1/t21-,22+/m0/s1. The quantitative estimate of drug-likeness (QED) is 0.476. The summed E-state index contributed by atoms with van der Waals surface area (Å²) in [5.41, 5.74) is 1.70. The Labute approximate surface area is 189 Å². The van der Waals surface area contributed by atoms with Crippen LogP contribution in [0.2, 0.25) is 0 Å². The number of hydrogen-bond donors (Lipinski definition) is 1. The fourth-order valence-corrected chi connectivity index (χ4v) is 4.64. The Kier molecular flexibility index (Phi) is 7.29. The number of hydrogen-bond acceptors (Lipinski definition) is 6. The molecule has 1 saturated heterocycles. The number of nitrogens with zero attached hydrogens (tertiary/aromatic N) is 1. The van der Waals surface area contributed by atoms with Gasteiger partial charge >= 0.3 is 5.97 Å². The number of methoxy groups -OCH3 is 1. The fraction of sp³-hybridized carbons (Fsp3) is 0.480. The van der Waals surface area contributed by atoms with E-state index in [2.05, 4.69) is 0 Å². The lowest BCUT2D eigenvalue weighted by Gasteiger charge is -2.36. The van der Waals surface area contributed by atoms with Gasteiger partial charge in [0.1, 0.15) is 25.8 Å². The van der Waals surface area contributed by atoms with Crippen molar-refractivity contribution in [3.8, 4) is 11.5 Å². The maximum Gasteiger partial charge on any atom is 0.337 e. The molecule has 0 aliphatic carbocycles. The van der Waals surface area contributed by atoms with E-state index < -0.39 is 6.10 Å². The van der Waals surface area contributed by atoms with E-state index in [4.69, 9.17) is 18.9 Å². The largest absolute Gasteiger partial charge is 0.486 e. The molecule has 1 N–H and O–H groups in total. The number of ether oxygens (including phenoxy) is 4. The third kappa shape index (κ3) is 5.59. The van der Waals surface area contributed by atoms with Gasteiger partial charge in [0.2, 0.25) is 0 Å². The number of esters is 1. The Morgan fingerprint density at radius 2 is 1.84 bits per heavy atom. The number of benzene rings is 2. The Morgan fingerprint density at radius 1 is 1.12 bits per heavy atom. The first-order valence-corrected chi connectivity index (χ1v) is 11.2. The molecule has 1 fully saturated rings. The third-order valence-electron chi connectivity index (χ3n) is 6.19. The zero-order valence-corrected chi connectivity index (χ0v) is 18.6. The van der Waals surface area contributed by atoms with Crippen LogP contribution in [0, 0.1) is 0 Å². The Morgan fingerprint density at radius 3 is 2.56 bits per heavy atom. The Balaban J connectivity index is 1.27. The smallest absolute Gasteiger partial charge is 0.337 e. The topological polar surface area (TPSA) is 74.2 Å². The van der Waals surface area contributed by atoms with Crippen molar-refractivity contribution in [1.29, 1.82) is 0 Å². The van der Waals surface area contributed by atoms with Crippen LogP contribution in [0.3, 0.4) is 0 Å². The molecule has 0 unspecified atom stereocenters. The minimum absolute atomic E-state index is 0.180. The van der Waals surface area contributed by atoms with E-state index in [1.807, 2.05) is 36.4 Å². The highest BCUT2D eigenvalue weighted by Gasteiger charge is 2.34. The molecule has 0 saturated carbocycles. The summed E-state index contributed by atoms with van der Waals surface area (Å²) >= 11 is 0. The number of quaternary nitrogens is 1. The van der Waals surface area contributed by atoms with Gasteiger partial charge in [-0.2, -0.15) is 0 Å². The second kappa shape index (κ2) is 10.3. The molecular weight excluding hydrogens is 410 g/mol. The minimum Gasteiger partial charge on any atom is -0.486 e. The van der Waals surface area contributed by atoms with Gasteiger partial charge in [-0.05, 0) is 24.3 Å². The molecular formula is C25H32NO6+. The molecule has 7 nitrogen and oxygen atoms in total. The van der Waals surface area contributed by atoms with E-state index >= 15 is 0 Å². The number of likely N-dealkylation sites (tertiary alicyclic amines) is 1. The van der Waals surface area contributed by atoms with E-state index in [-0.39, 0.29) is 18.7 Å². The number of para-hydroxylation sites is 2. The lowest BCUT2D eigenvalue weighted by atomic mass is 10.1. The number of carbonyl (C=O) groups excluding carboxylic acids is 1. The average Bonchev–Trinajstić information content (AvgIpc) is 3.26. The maximum absolute atomic E-state index is 11.7. The van der Waals surface area contributed by atoms with Crippen LogP contribution >= 0.6 is 0 Å². The summed E-state index contributed by atoms with van der Waals surface area (Å²) in [6.45, 7) is 4.62. The van der Waals surface area contributed by atoms with Crippen LogP contribution in [-0.2, 0) is 16.0 Å². The molecule has 0 spiro atoms. The molecule has 2 aliphatic rings.